The first kappa shape index (κ1) is 12.8. The third kappa shape index (κ3) is 2.33. The quantitative estimate of drug-likeness (QED) is 0.790. The molecule has 98 valence electrons. The van der Waals surface area contributed by atoms with E-state index in [-0.39, 0.29) is 5.91 Å². The first-order valence-electron chi connectivity index (χ1n) is 6.93. The van der Waals surface area contributed by atoms with Gasteiger partial charge in [0.15, 0.2) is 0 Å². The maximum absolute atomic E-state index is 12.3. The monoisotopic (exact) mass is 239 g/mol. The van der Waals surface area contributed by atoms with Crippen molar-refractivity contribution in [2.24, 2.45) is 5.73 Å². The van der Waals surface area contributed by atoms with Crippen LogP contribution in [0.3, 0.4) is 0 Å². The van der Waals surface area contributed by atoms with Gasteiger partial charge in [-0.3, -0.25) is 9.69 Å². The lowest BCUT2D eigenvalue weighted by Crippen LogP contribution is -2.59. The molecule has 1 amide bonds. The summed E-state index contributed by atoms with van der Waals surface area (Å²) >= 11 is 0. The number of rotatable bonds is 4. The smallest absolute Gasteiger partial charge is 0.242 e. The van der Waals surface area contributed by atoms with Crippen LogP contribution in [0.2, 0.25) is 0 Å². The normalized spacial score (nSPS) is 27.3. The maximum atomic E-state index is 12.3. The van der Waals surface area contributed by atoms with E-state index >= 15 is 0 Å². The lowest BCUT2D eigenvalue weighted by atomic mass is 9.76. The summed E-state index contributed by atoms with van der Waals surface area (Å²) in [6.07, 6.45) is 3.95. The van der Waals surface area contributed by atoms with Gasteiger partial charge in [0.2, 0.25) is 5.91 Å². The summed E-state index contributed by atoms with van der Waals surface area (Å²) in [7, 11) is 0. The molecule has 1 atom stereocenters. The highest BCUT2D eigenvalue weighted by Gasteiger charge is 2.44. The first-order chi connectivity index (χ1) is 8.10. The van der Waals surface area contributed by atoms with Crippen LogP contribution < -0.4 is 5.73 Å². The molecule has 0 spiro atoms. The van der Waals surface area contributed by atoms with Crippen LogP contribution in [0.1, 0.15) is 39.5 Å². The van der Waals surface area contributed by atoms with E-state index < -0.39 is 5.54 Å². The molecule has 2 aliphatic rings. The van der Waals surface area contributed by atoms with Crippen LogP contribution in [0.4, 0.5) is 0 Å². The molecule has 4 nitrogen and oxygen atoms in total. The molecule has 0 aromatic rings. The topological polar surface area (TPSA) is 49.6 Å². The standard InChI is InChI=1S/C13H25N3O/c1-3-15(4-2)11-6-9-16(10-11)12(17)13(14)7-5-8-13/h11H,3-10,14H2,1-2H3. The van der Waals surface area contributed by atoms with Gasteiger partial charge in [0.1, 0.15) is 0 Å². The Morgan fingerprint density at radius 2 is 2.06 bits per heavy atom. The lowest BCUT2D eigenvalue weighted by Gasteiger charge is -2.39. The Morgan fingerprint density at radius 1 is 1.41 bits per heavy atom. The Kier molecular flexibility index (Phi) is 3.73. The second-order valence-corrected chi connectivity index (χ2v) is 5.42. The number of hydrogen-bond acceptors (Lipinski definition) is 3. The van der Waals surface area contributed by atoms with E-state index in [1.807, 2.05) is 4.90 Å². The van der Waals surface area contributed by atoms with Crippen molar-refractivity contribution in [3.05, 3.63) is 0 Å². The molecule has 2 N–H and O–H groups in total. The predicted molar refractivity (Wildman–Crippen MR) is 68.7 cm³/mol. The Hall–Kier alpha value is -0.610. The van der Waals surface area contributed by atoms with Gasteiger partial charge in [-0.1, -0.05) is 13.8 Å². The van der Waals surface area contributed by atoms with Crippen LogP contribution >= 0.6 is 0 Å². The van der Waals surface area contributed by atoms with E-state index in [0.29, 0.717) is 6.04 Å². The van der Waals surface area contributed by atoms with Crippen LogP contribution in [-0.4, -0.2) is 53.5 Å². The third-order valence-corrected chi connectivity index (χ3v) is 4.45. The highest BCUT2D eigenvalue weighted by atomic mass is 16.2. The Bertz CT molecular complexity index is 284. The second-order valence-electron chi connectivity index (χ2n) is 5.42. The molecule has 4 heteroatoms. The molecule has 1 aliphatic carbocycles. The van der Waals surface area contributed by atoms with Gasteiger partial charge in [-0.2, -0.15) is 0 Å². The Labute approximate surface area is 104 Å². The lowest BCUT2D eigenvalue weighted by molar-refractivity contribution is -0.139. The number of carbonyl (C=O) groups is 1. The zero-order valence-corrected chi connectivity index (χ0v) is 11.1. The molecule has 2 rings (SSSR count). The minimum atomic E-state index is -0.516. The third-order valence-electron chi connectivity index (χ3n) is 4.45. The van der Waals surface area contributed by atoms with Gasteiger partial charge in [-0.05, 0) is 38.8 Å². The number of hydrogen-bond donors (Lipinski definition) is 1. The first-order valence-corrected chi connectivity index (χ1v) is 6.93. The molecule has 0 aromatic carbocycles. The highest BCUT2D eigenvalue weighted by molar-refractivity contribution is 5.87. The molecule has 1 heterocycles. The van der Waals surface area contributed by atoms with Crippen LogP contribution in [0.15, 0.2) is 0 Å². The summed E-state index contributed by atoms with van der Waals surface area (Å²) in [5.41, 5.74) is 5.59. The van der Waals surface area contributed by atoms with Crippen LogP contribution in [0.5, 0.6) is 0 Å². The van der Waals surface area contributed by atoms with Crippen molar-refractivity contribution in [2.45, 2.75) is 51.1 Å². The van der Waals surface area contributed by atoms with E-state index in [2.05, 4.69) is 18.7 Å². The van der Waals surface area contributed by atoms with Crippen molar-refractivity contribution in [1.82, 2.24) is 9.80 Å². The summed E-state index contributed by atoms with van der Waals surface area (Å²) < 4.78 is 0. The summed E-state index contributed by atoms with van der Waals surface area (Å²) in [6, 6.07) is 0.539. The van der Waals surface area contributed by atoms with Gasteiger partial charge >= 0.3 is 0 Å². The predicted octanol–water partition coefficient (Wildman–Crippen LogP) is 0.811. The molecule has 1 saturated heterocycles. The molecular formula is C13H25N3O. The van der Waals surface area contributed by atoms with Crippen molar-refractivity contribution in [1.29, 1.82) is 0 Å². The fourth-order valence-corrected chi connectivity index (χ4v) is 3.05. The van der Waals surface area contributed by atoms with E-state index in [1.54, 1.807) is 0 Å². The average molecular weight is 239 g/mol. The molecule has 0 aromatic heterocycles. The van der Waals surface area contributed by atoms with E-state index in [9.17, 15) is 4.79 Å². The van der Waals surface area contributed by atoms with Gasteiger partial charge < -0.3 is 10.6 Å². The highest BCUT2D eigenvalue weighted by Crippen LogP contribution is 2.32. The van der Waals surface area contributed by atoms with Gasteiger partial charge in [0.25, 0.3) is 0 Å². The van der Waals surface area contributed by atoms with Crippen molar-refractivity contribution in [3.63, 3.8) is 0 Å². The summed E-state index contributed by atoms with van der Waals surface area (Å²) in [6.45, 7) is 8.26. The molecule has 1 aliphatic heterocycles. The SMILES string of the molecule is CCN(CC)C1CCN(C(=O)C2(N)CCC2)C1. The van der Waals surface area contributed by atoms with Gasteiger partial charge in [-0.15, -0.1) is 0 Å². The number of likely N-dealkylation sites (tertiary alicyclic amines) is 1. The molecule has 2 fully saturated rings. The summed E-state index contributed by atoms with van der Waals surface area (Å²) in [5.74, 6) is 0.193. The Balaban J connectivity index is 1.91. The van der Waals surface area contributed by atoms with E-state index in [0.717, 1.165) is 51.9 Å². The largest absolute Gasteiger partial charge is 0.339 e. The Morgan fingerprint density at radius 3 is 2.53 bits per heavy atom. The molecule has 0 bridgehead atoms. The van der Waals surface area contributed by atoms with Crippen LogP contribution in [-0.2, 0) is 4.79 Å². The fourth-order valence-electron chi connectivity index (χ4n) is 3.05. The summed E-state index contributed by atoms with van der Waals surface area (Å²) in [5, 5.41) is 0. The van der Waals surface area contributed by atoms with Gasteiger partial charge in [0, 0.05) is 19.1 Å². The number of nitrogens with zero attached hydrogens (tertiary/aromatic N) is 2. The second kappa shape index (κ2) is 4.94. The minimum Gasteiger partial charge on any atom is -0.339 e. The van der Waals surface area contributed by atoms with Crippen molar-refractivity contribution >= 4 is 5.91 Å². The zero-order chi connectivity index (χ0) is 12.5. The molecule has 1 unspecified atom stereocenters. The number of carbonyl (C=O) groups excluding carboxylic acids is 1. The van der Waals surface area contributed by atoms with Crippen molar-refractivity contribution < 1.29 is 4.79 Å². The summed E-state index contributed by atoms with van der Waals surface area (Å²) in [4.78, 5) is 16.7. The molecule has 1 saturated carbocycles. The minimum absolute atomic E-state index is 0.193. The number of nitrogens with two attached hydrogens (primary N) is 1. The van der Waals surface area contributed by atoms with Gasteiger partial charge in [0.05, 0.1) is 5.54 Å². The van der Waals surface area contributed by atoms with Gasteiger partial charge in [-0.25, -0.2) is 0 Å². The van der Waals surface area contributed by atoms with E-state index in [1.165, 1.54) is 0 Å². The van der Waals surface area contributed by atoms with Crippen molar-refractivity contribution in [3.8, 4) is 0 Å². The zero-order valence-electron chi connectivity index (χ0n) is 11.1. The maximum Gasteiger partial charge on any atom is 0.242 e. The fraction of sp³-hybridized carbons (Fsp3) is 0.923. The van der Waals surface area contributed by atoms with E-state index in [4.69, 9.17) is 5.73 Å². The average Bonchev–Trinajstić information content (AvgIpc) is 2.76. The van der Waals surface area contributed by atoms with Crippen LogP contribution in [0.25, 0.3) is 0 Å². The molecular weight excluding hydrogens is 214 g/mol. The number of likely N-dealkylation sites (N-methyl/N-ethyl adjacent to an activating group) is 1. The van der Waals surface area contributed by atoms with Crippen LogP contribution in [0, 0.1) is 0 Å². The van der Waals surface area contributed by atoms with Crippen molar-refractivity contribution in [2.75, 3.05) is 26.2 Å². The number of amides is 1. The molecule has 0 radical (unpaired) electrons. The molecule has 17 heavy (non-hydrogen) atoms.